The van der Waals surface area contributed by atoms with Gasteiger partial charge in [-0.15, -0.1) is 11.3 Å². The molecule has 3 heterocycles. The molecule has 0 amide bonds. The van der Waals surface area contributed by atoms with E-state index in [2.05, 4.69) is 97.1 Å². The maximum Gasteiger partial charge on any atom is 0.164 e. The molecular weight excluding hydrogens is 631 g/mol. The lowest BCUT2D eigenvalue weighted by Gasteiger charge is -2.12. The van der Waals surface area contributed by atoms with Crippen LogP contribution in [0.1, 0.15) is 0 Å². The van der Waals surface area contributed by atoms with Crippen molar-refractivity contribution >= 4 is 53.4 Å². The molecule has 5 heteroatoms. The third-order valence-electron chi connectivity index (χ3n) is 9.36. The predicted octanol–water partition coefficient (Wildman–Crippen LogP) is 12.5. The molecule has 0 aliphatic carbocycles. The van der Waals surface area contributed by atoms with E-state index in [4.69, 9.17) is 19.4 Å². The highest BCUT2D eigenvalue weighted by Crippen LogP contribution is 2.43. The number of rotatable bonds is 5. The van der Waals surface area contributed by atoms with Crippen molar-refractivity contribution in [2.75, 3.05) is 0 Å². The lowest BCUT2D eigenvalue weighted by molar-refractivity contribution is 0.669. The number of furan rings is 1. The van der Waals surface area contributed by atoms with Crippen molar-refractivity contribution in [3.63, 3.8) is 0 Å². The number of benzene rings is 7. The lowest BCUT2D eigenvalue weighted by Crippen LogP contribution is -2.00. The predicted molar refractivity (Wildman–Crippen MR) is 207 cm³/mol. The largest absolute Gasteiger partial charge is 0.456 e. The molecule has 50 heavy (non-hydrogen) atoms. The lowest BCUT2D eigenvalue weighted by atomic mass is 9.91. The average Bonchev–Trinajstić information content (AvgIpc) is 3.76. The van der Waals surface area contributed by atoms with E-state index in [0.29, 0.717) is 17.5 Å². The van der Waals surface area contributed by atoms with Crippen molar-refractivity contribution in [2.45, 2.75) is 0 Å². The molecule has 0 saturated heterocycles. The molecule has 0 unspecified atom stereocenters. The molecule has 0 spiro atoms. The number of fused-ring (bicyclic) bond motifs is 6. The number of aromatic nitrogens is 3. The van der Waals surface area contributed by atoms with Crippen LogP contribution in [-0.4, -0.2) is 15.0 Å². The highest BCUT2D eigenvalue weighted by molar-refractivity contribution is 7.25. The van der Waals surface area contributed by atoms with Gasteiger partial charge in [0.2, 0.25) is 0 Å². The summed E-state index contributed by atoms with van der Waals surface area (Å²) in [5, 5.41) is 4.74. The normalized spacial score (nSPS) is 11.6. The summed E-state index contributed by atoms with van der Waals surface area (Å²) in [6.45, 7) is 0. The fraction of sp³-hybridized carbons (Fsp3) is 0. The van der Waals surface area contributed by atoms with Gasteiger partial charge in [0.15, 0.2) is 17.5 Å². The van der Waals surface area contributed by atoms with Crippen LogP contribution in [0.2, 0.25) is 0 Å². The zero-order chi connectivity index (χ0) is 33.0. The van der Waals surface area contributed by atoms with E-state index < -0.39 is 0 Å². The van der Waals surface area contributed by atoms with Crippen LogP contribution in [0.5, 0.6) is 0 Å². The number of hydrogen-bond donors (Lipinski definition) is 0. The minimum Gasteiger partial charge on any atom is -0.456 e. The zero-order valence-corrected chi connectivity index (χ0v) is 27.6. The summed E-state index contributed by atoms with van der Waals surface area (Å²) >= 11 is 1.85. The topological polar surface area (TPSA) is 51.8 Å². The first-order valence-corrected chi connectivity index (χ1v) is 17.4. The van der Waals surface area contributed by atoms with E-state index in [-0.39, 0.29) is 0 Å². The monoisotopic (exact) mass is 657 g/mol. The third-order valence-corrected chi connectivity index (χ3v) is 10.5. The first-order valence-electron chi connectivity index (χ1n) is 16.6. The van der Waals surface area contributed by atoms with Crippen LogP contribution < -0.4 is 0 Å². The molecule has 10 aromatic rings. The molecular formula is C45H27N3OS. The van der Waals surface area contributed by atoms with Crippen LogP contribution in [0.25, 0.3) is 98.5 Å². The van der Waals surface area contributed by atoms with Gasteiger partial charge in [-0.25, -0.2) is 15.0 Å². The molecule has 234 valence electrons. The minimum atomic E-state index is 0.602. The van der Waals surface area contributed by atoms with Crippen LogP contribution >= 0.6 is 11.3 Å². The van der Waals surface area contributed by atoms with Crippen LogP contribution in [0.3, 0.4) is 0 Å². The number of thiophene rings is 1. The van der Waals surface area contributed by atoms with Crippen molar-refractivity contribution in [1.82, 2.24) is 15.0 Å². The first kappa shape index (κ1) is 28.6. The molecule has 3 aromatic heterocycles. The van der Waals surface area contributed by atoms with E-state index in [9.17, 15) is 0 Å². The Labute approximate surface area is 292 Å². The summed E-state index contributed by atoms with van der Waals surface area (Å²) in [5.41, 5.74) is 9.19. The Kier molecular flexibility index (Phi) is 6.64. The Morgan fingerprint density at radius 1 is 0.360 bits per heavy atom. The molecule has 0 saturated carbocycles. The van der Waals surface area contributed by atoms with Crippen LogP contribution in [0, 0.1) is 0 Å². The van der Waals surface area contributed by atoms with Gasteiger partial charge < -0.3 is 4.42 Å². The molecule has 4 nitrogen and oxygen atoms in total. The Morgan fingerprint density at radius 2 is 0.960 bits per heavy atom. The molecule has 0 aliphatic rings. The van der Waals surface area contributed by atoms with E-state index in [1.54, 1.807) is 0 Å². The molecule has 0 radical (unpaired) electrons. The molecule has 0 N–H and O–H groups in total. The van der Waals surface area contributed by atoms with Gasteiger partial charge in [-0.05, 0) is 58.7 Å². The Morgan fingerprint density at radius 3 is 1.72 bits per heavy atom. The van der Waals surface area contributed by atoms with Gasteiger partial charge in [0.1, 0.15) is 11.2 Å². The molecule has 0 fully saturated rings. The van der Waals surface area contributed by atoms with E-state index in [0.717, 1.165) is 44.2 Å². The Balaban J connectivity index is 1.09. The standard InChI is InChI=1S/C45H27N3OS/c1-3-12-28(13-4-1)43-46-44(29-14-5-2-6-15-29)48-45(47-43)31-22-24-34-37-26-30(23-25-38(37)49-39(34)27-31)32-16-7-8-17-33(32)35-19-11-21-41-42(35)36-18-9-10-20-40(36)50-41/h1-27H. The summed E-state index contributed by atoms with van der Waals surface area (Å²) in [6, 6.07) is 56.9. The van der Waals surface area contributed by atoms with Crippen LogP contribution in [0.15, 0.2) is 168 Å². The minimum absolute atomic E-state index is 0.602. The van der Waals surface area contributed by atoms with Gasteiger partial charge in [0.05, 0.1) is 0 Å². The van der Waals surface area contributed by atoms with Crippen molar-refractivity contribution in [1.29, 1.82) is 0 Å². The fourth-order valence-corrected chi connectivity index (χ4v) is 8.12. The summed E-state index contributed by atoms with van der Waals surface area (Å²) in [7, 11) is 0. The van der Waals surface area contributed by atoms with Crippen LogP contribution in [0.4, 0.5) is 0 Å². The van der Waals surface area contributed by atoms with Gasteiger partial charge in [0.25, 0.3) is 0 Å². The highest BCUT2D eigenvalue weighted by atomic mass is 32.1. The smallest absolute Gasteiger partial charge is 0.164 e. The Hall–Kier alpha value is -6.43. The quantitative estimate of drug-likeness (QED) is 0.185. The summed E-state index contributed by atoms with van der Waals surface area (Å²) in [4.78, 5) is 14.7. The average molecular weight is 658 g/mol. The molecule has 0 bridgehead atoms. The maximum absolute atomic E-state index is 6.48. The summed E-state index contributed by atoms with van der Waals surface area (Å²) in [5.74, 6) is 1.87. The first-order chi connectivity index (χ1) is 24.8. The van der Waals surface area contributed by atoms with E-state index >= 15 is 0 Å². The number of hydrogen-bond acceptors (Lipinski definition) is 5. The summed E-state index contributed by atoms with van der Waals surface area (Å²) < 4.78 is 9.09. The van der Waals surface area contributed by atoms with Crippen LogP contribution in [-0.2, 0) is 0 Å². The van der Waals surface area contributed by atoms with Crippen molar-refractivity contribution in [3.05, 3.63) is 164 Å². The second kappa shape index (κ2) is 11.6. The van der Waals surface area contributed by atoms with Gasteiger partial charge >= 0.3 is 0 Å². The van der Waals surface area contributed by atoms with E-state index in [1.165, 1.54) is 36.9 Å². The van der Waals surface area contributed by atoms with Crippen molar-refractivity contribution in [3.8, 4) is 56.4 Å². The van der Waals surface area contributed by atoms with Gasteiger partial charge in [-0.1, -0.05) is 127 Å². The van der Waals surface area contributed by atoms with Crippen molar-refractivity contribution < 1.29 is 4.42 Å². The second-order valence-corrected chi connectivity index (χ2v) is 13.5. The molecule has 10 rings (SSSR count). The second-order valence-electron chi connectivity index (χ2n) is 12.4. The zero-order valence-electron chi connectivity index (χ0n) is 26.7. The molecule has 0 aliphatic heterocycles. The SMILES string of the molecule is c1ccc(-c2nc(-c3ccccc3)nc(-c3ccc4c(c3)oc3ccc(-c5ccccc5-c5cccc6sc7ccccc7c56)cc34)n2)cc1. The third kappa shape index (κ3) is 4.79. The summed E-state index contributed by atoms with van der Waals surface area (Å²) in [6.07, 6.45) is 0. The van der Waals surface area contributed by atoms with Gasteiger partial charge in [0, 0.05) is 47.6 Å². The van der Waals surface area contributed by atoms with Gasteiger partial charge in [-0.2, -0.15) is 0 Å². The van der Waals surface area contributed by atoms with Crippen molar-refractivity contribution in [2.24, 2.45) is 0 Å². The molecule has 7 aromatic carbocycles. The number of nitrogens with zero attached hydrogens (tertiary/aromatic N) is 3. The Bertz CT molecular complexity index is 2820. The van der Waals surface area contributed by atoms with E-state index in [1.807, 2.05) is 78.1 Å². The molecule has 0 atom stereocenters. The highest BCUT2D eigenvalue weighted by Gasteiger charge is 2.17. The van der Waals surface area contributed by atoms with Gasteiger partial charge in [-0.3, -0.25) is 0 Å². The maximum atomic E-state index is 6.48. The fourth-order valence-electron chi connectivity index (χ4n) is 6.99.